The number of aliphatic hydroxyl groups is 1. The highest BCUT2D eigenvalue weighted by Crippen LogP contribution is 2.29. The third-order valence-corrected chi connectivity index (χ3v) is 3.39. The van der Waals surface area contributed by atoms with Gasteiger partial charge in [0.2, 0.25) is 0 Å². The summed E-state index contributed by atoms with van der Waals surface area (Å²) in [5.41, 5.74) is 3.67. The van der Waals surface area contributed by atoms with E-state index in [9.17, 15) is 5.11 Å². The fourth-order valence-electron chi connectivity index (χ4n) is 2.37. The van der Waals surface area contributed by atoms with Gasteiger partial charge in [-0.2, -0.15) is 0 Å². The summed E-state index contributed by atoms with van der Waals surface area (Å²) in [6, 6.07) is 9.91. The van der Waals surface area contributed by atoms with Crippen molar-refractivity contribution < 1.29 is 5.11 Å². The van der Waals surface area contributed by atoms with Gasteiger partial charge in [0, 0.05) is 11.1 Å². The summed E-state index contributed by atoms with van der Waals surface area (Å²) < 4.78 is 0. The van der Waals surface area contributed by atoms with Crippen molar-refractivity contribution in [2.75, 3.05) is 0 Å². The van der Waals surface area contributed by atoms with Crippen LogP contribution in [0.25, 0.3) is 5.57 Å². The molecule has 1 aliphatic carbocycles. The molecule has 20 heavy (non-hydrogen) atoms. The number of allylic oxidation sites excluding steroid dienone is 8. The lowest BCUT2D eigenvalue weighted by molar-refractivity contribution is 0.434. The molecule has 0 saturated carbocycles. The second-order valence-corrected chi connectivity index (χ2v) is 4.67. The van der Waals surface area contributed by atoms with E-state index >= 15 is 0 Å². The van der Waals surface area contributed by atoms with Gasteiger partial charge in [-0.05, 0) is 30.9 Å². The van der Waals surface area contributed by atoms with Crippen LogP contribution in [0.5, 0.6) is 0 Å². The minimum atomic E-state index is 0.284. The van der Waals surface area contributed by atoms with Gasteiger partial charge in [0.15, 0.2) is 0 Å². The first kappa shape index (κ1) is 14.1. The van der Waals surface area contributed by atoms with Gasteiger partial charge in [0.25, 0.3) is 0 Å². The summed E-state index contributed by atoms with van der Waals surface area (Å²) in [6.45, 7) is 5.78. The molecule has 0 aliphatic heterocycles. The summed E-state index contributed by atoms with van der Waals surface area (Å²) in [5.74, 6) is 0.284. The predicted octanol–water partition coefficient (Wildman–Crippen LogP) is 5.36. The van der Waals surface area contributed by atoms with Gasteiger partial charge >= 0.3 is 0 Å². The Morgan fingerprint density at radius 3 is 2.50 bits per heavy atom. The summed E-state index contributed by atoms with van der Waals surface area (Å²) in [5, 5.41) is 10.6. The first-order valence-corrected chi connectivity index (χ1v) is 6.92. The van der Waals surface area contributed by atoms with Gasteiger partial charge in [-0.1, -0.05) is 67.3 Å². The van der Waals surface area contributed by atoms with Gasteiger partial charge in [0.05, 0.1) is 0 Å². The maximum Gasteiger partial charge on any atom is 0.130 e. The van der Waals surface area contributed by atoms with Crippen LogP contribution in [0.15, 0.2) is 84.2 Å². The van der Waals surface area contributed by atoms with Gasteiger partial charge in [-0.15, -0.1) is 0 Å². The van der Waals surface area contributed by atoms with Gasteiger partial charge in [-0.25, -0.2) is 0 Å². The fraction of sp³-hybridized carbons (Fsp3) is 0.158. The lowest BCUT2D eigenvalue weighted by Gasteiger charge is -2.14. The molecule has 2 rings (SSSR count). The van der Waals surface area contributed by atoms with Crippen LogP contribution in [0.2, 0.25) is 0 Å². The van der Waals surface area contributed by atoms with Crippen LogP contribution in [0.3, 0.4) is 0 Å². The molecule has 0 heterocycles. The molecular weight excluding hydrogens is 244 g/mol. The highest BCUT2D eigenvalue weighted by Gasteiger charge is 2.12. The molecule has 1 heteroatoms. The molecule has 0 unspecified atom stereocenters. The molecular formula is C19H20O. The average molecular weight is 264 g/mol. The molecule has 0 fully saturated rings. The fourth-order valence-corrected chi connectivity index (χ4v) is 2.37. The van der Waals surface area contributed by atoms with Crippen molar-refractivity contribution in [2.45, 2.75) is 19.8 Å². The summed E-state index contributed by atoms with van der Waals surface area (Å²) in [4.78, 5) is 0. The van der Waals surface area contributed by atoms with Crippen molar-refractivity contribution in [3.8, 4) is 0 Å². The minimum absolute atomic E-state index is 0.284. The SMILES string of the molecule is C=C/C(C1=CCCC=C1)=C(O)\C(=C/C)c1ccccc1. The zero-order valence-electron chi connectivity index (χ0n) is 11.8. The van der Waals surface area contributed by atoms with E-state index in [4.69, 9.17) is 0 Å². The van der Waals surface area contributed by atoms with Crippen LogP contribution in [-0.2, 0) is 0 Å². The lowest BCUT2D eigenvalue weighted by Crippen LogP contribution is -1.97. The van der Waals surface area contributed by atoms with Crippen LogP contribution in [0, 0.1) is 0 Å². The van der Waals surface area contributed by atoms with Crippen molar-refractivity contribution in [1.29, 1.82) is 0 Å². The molecule has 0 amide bonds. The molecule has 1 N–H and O–H groups in total. The van der Waals surface area contributed by atoms with E-state index in [2.05, 4.69) is 24.8 Å². The maximum absolute atomic E-state index is 10.6. The standard InChI is InChI=1S/C19H20O/c1-3-17(15-11-7-5-8-12-15)19(20)18(4-2)16-13-9-6-10-14-16/h3-4,6-7,9-14,20H,1,5,8H2,2H3/b18-4-,19-17-. The van der Waals surface area contributed by atoms with E-state index in [1.54, 1.807) is 6.08 Å². The van der Waals surface area contributed by atoms with E-state index in [1.165, 1.54) is 0 Å². The predicted molar refractivity (Wildman–Crippen MR) is 86.4 cm³/mol. The topological polar surface area (TPSA) is 20.2 Å². The Hall–Kier alpha value is -2.28. The normalized spacial score (nSPS) is 16.4. The molecule has 1 aliphatic rings. The molecule has 0 saturated heterocycles. The highest BCUT2D eigenvalue weighted by molar-refractivity contribution is 5.79. The first-order valence-electron chi connectivity index (χ1n) is 6.92. The molecule has 0 radical (unpaired) electrons. The van der Waals surface area contributed by atoms with Gasteiger partial charge < -0.3 is 5.11 Å². The smallest absolute Gasteiger partial charge is 0.130 e. The van der Waals surface area contributed by atoms with E-state index < -0.39 is 0 Å². The molecule has 1 aromatic carbocycles. The van der Waals surface area contributed by atoms with Crippen LogP contribution < -0.4 is 0 Å². The molecule has 0 aromatic heterocycles. The monoisotopic (exact) mass is 264 g/mol. The van der Waals surface area contributed by atoms with Crippen LogP contribution >= 0.6 is 0 Å². The Bertz CT molecular complexity index is 598. The zero-order valence-corrected chi connectivity index (χ0v) is 11.8. The summed E-state index contributed by atoms with van der Waals surface area (Å²) in [7, 11) is 0. The Morgan fingerprint density at radius 2 is 1.95 bits per heavy atom. The van der Waals surface area contributed by atoms with Crippen molar-refractivity contribution in [2.24, 2.45) is 0 Å². The zero-order chi connectivity index (χ0) is 14.4. The van der Waals surface area contributed by atoms with Gasteiger partial charge in [0.1, 0.15) is 5.76 Å². The third-order valence-electron chi connectivity index (χ3n) is 3.39. The van der Waals surface area contributed by atoms with E-state index in [1.807, 2.05) is 43.3 Å². The molecule has 0 bridgehead atoms. The Balaban J connectivity index is 2.47. The number of hydrogen-bond donors (Lipinski definition) is 1. The lowest BCUT2D eigenvalue weighted by atomic mass is 9.94. The molecule has 0 spiro atoms. The molecule has 1 aromatic rings. The number of benzene rings is 1. The highest BCUT2D eigenvalue weighted by atomic mass is 16.3. The Kier molecular flexibility index (Phi) is 4.78. The van der Waals surface area contributed by atoms with Crippen LogP contribution in [0.4, 0.5) is 0 Å². The second kappa shape index (κ2) is 6.76. The van der Waals surface area contributed by atoms with Crippen molar-refractivity contribution in [3.05, 3.63) is 89.8 Å². The first-order chi connectivity index (χ1) is 9.77. The number of aliphatic hydroxyl groups excluding tert-OH is 1. The van der Waals surface area contributed by atoms with E-state index in [-0.39, 0.29) is 5.76 Å². The Morgan fingerprint density at radius 1 is 1.20 bits per heavy atom. The molecule has 0 atom stereocenters. The summed E-state index contributed by atoms with van der Waals surface area (Å²) in [6.07, 6.45) is 12.0. The van der Waals surface area contributed by atoms with Crippen molar-refractivity contribution in [1.82, 2.24) is 0 Å². The van der Waals surface area contributed by atoms with Crippen LogP contribution in [0.1, 0.15) is 25.3 Å². The van der Waals surface area contributed by atoms with E-state index in [0.717, 1.165) is 35.1 Å². The minimum Gasteiger partial charge on any atom is -0.507 e. The largest absolute Gasteiger partial charge is 0.507 e. The second-order valence-electron chi connectivity index (χ2n) is 4.67. The van der Waals surface area contributed by atoms with Gasteiger partial charge in [-0.3, -0.25) is 0 Å². The molecule has 1 nitrogen and oxygen atoms in total. The quantitative estimate of drug-likeness (QED) is 0.573. The summed E-state index contributed by atoms with van der Waals surface area (Å²) >= 11 is 0. The number of hydrogen-bond acceptors (Lipinski definition) is 1. The van der Waals surface area contributed by atoms with Crippen molar-refractivity contribution >= 4 is 5.57 Å². The molecule has 102 valence electrons. The van der Waals surface area contributed by atoms with Crippen LogP contribution in [-0.4, -0.2) is 5.11 Å². The van der Waals surface area contributed by atoms with Crippen molar-refractivity contribution in [3.63, 3.8) is 0 Å². The maximum atomic E-state index is 10.6. The average Bonchev–Trinajstić information content (AvgIpc) is 2.51. The third kappa shape index (κ3) is 3.00. The Labute approximate surface area is 121 Å². The van der Waals surface area contributed by atoms with E-state index in [0.29, 0.717) is 0 Å². The number of rotatable bonds is 4.